The van der Waals surface area contributed by atoms with Crippen LogP contribution in [0.15, 0.2) is 77.8 Å². The number of hydrogen-bond acceptors (Lipinski definition) is 5. The van der Waals surface area contributed by atoms with Crippen LogP contribution in [-0.4, -0.2) is 19.7 Å². The van der Waals surface area contributed by atoms with Crippen LogP contribution >= 0.6 is 0 Å². The van der Waals surface area contributed by atoms with Crippen LogP contribution in [-0.2, 0) is 6.54 Å². The number of para-hydroxylation sites is 1. The summed E-state index contributed by atoms with van der Waals surface area (Å²) in [6.07, 6.45) is 7.12. The fourth-order valence-electron chi connectivity index (χ4n) is 2.36. The van der Waals surface area contributed by atoms with Crippen molar-refractivity contribution in [3.63, 3.8) is 0 Å². The molecular weight excluding hydrogens is 302 g/mol. The molecular formula is C18H15N5O. The summed E-state index contributed by atoms with van der Waals surface area (Å²) in [6, 6.07) is 15.6. The molecule has 24 heavy (non-hydrogen) atoms. The highest BCUT2D eigenvalue weighted by atomic mass is 16.3. The molecule has 1 aromatic carbocycles. The van der Waals surface area contributed by atoms with E-state index < -0.39 is 0 Å². The molecule has 0 radical (unpaired) electrons. The Hall–Kier alpha value is -3.41. The summed E-state index contributed by atoms with van der Waals surface area (Å²) < 4.78 is 7.12. The number of nitrogens with zero attached hydrogens (tertiary/aromatic N) is 4. The lowest BCUT2D eigenvalue weighted by atomic mass is 10.2. The molecule has 0 aliphatic carbocycles. The van der Waals surface area contributed by atoms with Gasteiger partial charge in [0, 0.05) is 18.0 Å². The first-order chi connectivity index (χ1) is 11.9. The second kappa shape index (κ2) is 6.37. The summed E-state index contributed by atoms with van der Waals surface area (Å²) in [5, 5.41) is 7.55. The Morgan fingerprint density at radius 3 is 2.79 bits per heavy atom. The van der Waals surface area contributed by atoms with Crippen molar-refractivity contribution in [2.75, 3.05) is 5.32 Å². The molecule has 0 saturated carbocycles. The van der Waals surface area contributed by atoms with Crippen LogP contribution in [0.4, 0.5) is 5.95 Å². The Kier molecular flexibility index (Phi) is 3.77. The number of anilines is 1. The van der Waals surface area contributed by atoms with Gasteiger partial charge in [-0.1, -0.05) is 18.2 Å². The van der Waals surface area contributed by atoms with Crippen LogP contribution in [0.5, 0.6) is 0 Å². The standard InChI is InChI=1S/C18H15N5O/c1-2-5-15(6-3-1)23-13-14(11-21-23)17-8-9-19-18(22-17)20-12-16-7-4-10-24-16/h1-11,13H,12H2,(H,19,20,22). The third kappa shape index (κ3) is 3.03. The van der Waals surface area contributed by atoms with Gasteiger partial charge in [-0.2, -0.15) is 5.10 Å². The van der Waals surface area contributed by atoms with Gasteiger partial charge < -0.3 is 9.73 Å². The quantitative estimate of drug-likeness (QED) is 0.610. The fraction of sp³-hybridized carbons (Fsp3) is 0.0556. The summed E-state index contributed by atoms with van der Waals surface area (Å²) in [5.41, 5.74) is 2.76. The maximum absolute atomic E-state index is 5.29. The molecule has 0 atom stereocenters. The van der Waals surface area contributed by atoms with Gasteiger partial charge in [0.2, 0.25) is 5.95 Å². The molecule has 3 aromatic heterocycles. The first-order valence-electron chi connectivity index (χ1n) is 7.58. The molecule has 3 heterocycles. The Bertz CT molecular complexity index is 916. The van der Waals surface area contributed by atoms with E-state index in [4.69, 9.17) is 4.42 Å². The number of furan rings is 1. The van der Waals surface area contributed by atoms with Gasteiger partial charge >= 0.3 is 0 Å². The first kappa shape index (κ1) is 14.2. The molecule has 6 nitrogen and oxygen atoms in total. The van der Waals surface area contributed by atoms with E-state index >= 15 is 0 Å². The van der Waals surface area contributed by atoms with Crippen molar-refractivity contribution in [3.05, 3.63) is 79.1 Å². The second-order valence-corrected chi connectivity index (χ2v) is 5.21. The van der Waals surface area contributed by atoms with E-state index in [-0.39, 0.29) is 0 Å². The number of aromatic nitrogens is 4. The van der Waals surface area contributed by atoms with Crippen LogP contribution in [0.25, 0.3) is 16.9 Å². The largest absolute Gasteiger partial charge is 0.467 e. The molecule has 0 aliphatic rings. The lowest BCUT2D eigenvalue weighted by molar-refractivity contribution is 0.517. The fourth-order valence-corrected chi connectivity index (χ4v) is 2.36. The lowest BCUT2D eigenvalue weighted by Crippen LogP contribution is -2.03. The molecule has 6 heteroatoms. The highest BCUT2D eigenvalue weighted by Crippen LogP contribution is 2.19. The van der Waals surface area contributed by atoms with E-state index in [1.54, 1.807) is 18.7 Å². The first-order valence-corrected chi connectivity index (χ1v) is 7.58. The minimum atomic E-state index is 0.541. The Morgan fingerprint density at radius 2 is 1.96 bits per heavy atom. The smallest absolute Gasteiger partial charge is 0.223 e. The van der Waals surface area contributed by atoms with Crippen molar-refractivity contribution < 1.29 is 4.42 Å². The second-order valence-electron chi connectivity index (χ2n) is 5.21. The van der Waals surface area contributed by atoms with Gasteiger partial charge in [0.25, 0.3) is 0 Å². The molecule has 4 rings (SSSR count). The average Bonchev–Trinajstić information content (AvgIpc) is 3.33. The summed E-state index contributed by atoms with van der Waals surface area (Å²) in [4.78, 5) is 8.77. The van der Waals surface area contributed by atoms with E-state index in [9.17, 15) is 0 Å². The van der Waals surface area contributed by atoms with Crippen LogP contribution in [0.3, 0.4) is 0 Å². The summed E-state index contributed by atoms with van der Waals surface area (Å²) in [5.74, 6) is 1.39. The molecule has 0 saturated heterocycles. The van der Waals surface area contributed by atoms with Crippen molar-refractivity contribution in [1.82, 2.24) is 19.7 Å². The zero-order valence-electron chi connectivity index (χ0n) is 12.8. The van der Waals surface area contributed by atoms with Crippen LogP contribution < -0.4 is 5.32 Å². The highest BCUT2D eigenvalue weighted by molar-refractivity contribution is 5.58. The maximum atomic E-state index is 5.29. The van der Waals surface area contributed by atoms with Crippen molar-refractivity contribution in [2.45, 2.75) is 6.54 Å². The minimum Gasteiger partial charge on any atom is -0.467 e. The van der Waals surface area contributed by atoms with Crippen molar-refractivity contribution >= 4 is 5.95 Å². The molecule has 0 unspecified atom stereocenters. The zero-order chi connectivity index (χ0) is 16.2. The molecule has 0 aliphatic heterocycles. The highest BCUT2D eigenvalue weighted by Gasteiger charge is 2.06. The predicted octanol–water partition coefficient (Wildman–Crippen LogP) is 3.53. The zero-order valence-corrected chi connectivity index (χ0v) is 12.8. The molecule has 118 valence electrons. The summed E-state index contributed by atoms with van der Waals surface area (Å²) in [6.45, 7) is 0.541. The third-order valence-electron chi connectivity index (χ3n) is 3.56. The number of hydrogen-bond donors (Lipinski definition) is 1. The van der Waals surface area contributed by atoms with Gasteiger partial charge in [-0.15, -0.1) is 0 Å². The Balaban J connectivity index is 1.54. The third-order valence-corrected chi connectivity index (χ3v) is 3.56. The number of nitrogens with one attached hydrogen (secondary N) is 1. The molecule has 0 spiro atoms. The van der Waals surface area contributed by atoms with Gasteiger partial charge in [0.1, 0.15) is 5.76 Å². The van der Waals surface area contributed by atoms with Gasteiger partial charge in [0.15, 0.2) is 0 Å². The molecule has 0 amide bonds. The topological polar surface area (TPSA) is 68.8 Å². The van der Waals surface area contributed by atoms with Crippen LogP contribution in [0, 0.1) is 0 Å². The lowest BCUT2D eigenvalue weighted by Gasteiger charge is -2.04. The summed E-state index contributed by atoms with van der Waals surface area (Å²) in [7, 11) is 0. The molecule has 1 N–H and O–H groups in total. The Morgan fingerprint density at radius 1 is 1.04 bits per heavy atom. The number of rotatable bonds is 5. The van der Waals surface area contributed by atoms with Gasteiger partial charge in [0.05, 0.1) is 30.4 Å². The van der Waals surface area contributed by atoms with Gasteiger partial charge in [-0.25, -0.2) is 14.6 Å². The van der Waals surface area contributed by atoms with E-state index in [2.05, 4.69) is 20.4 Å². The molecule has 0 bridgehead atoms. The Labute approximate surface area is 138 Å². The van der Waals surface area contributed by atoms with Crippen molar-refractivity contribution in [3.8, 4) is 16.9 Å². The maximum Gasteiger partial charge on any atom is 0.223 e. The van der Waals surface area contributed by atoms with Crippen molar-refractivity contribution in [2.24, 2.45) is 0 Å². The van der Waals surface area contributed by atoms with Gasteiger partial charge in [-0.3, -0.25) is 0 Å². The molecule has 4 aromatic rings. The molecule has 0 fully saturated rings. The van der Waals surface area contributed by atoms with Crippen LogP contribution in [0.2, 0.25) is 0 Å². The van der Waals surface area contributed by atoms with E-state index in [0.29, 0.717) is 12.5 Å². The SMILES string of the molecule is c1ccc(-n2cc(-c3ccnc(NCc4ccco4)n3)cn2)cc1. The predicted molar refractivity (Wildman–Crippen MR) is 90.6 cm³/mol. The van der Waals surface area contributed by atoms with E-state index in [1.807, 2.05) is 59.4 Å². The average molecular weight is 317 g/mol. The minimum absolute atomic E-state index is 0.541. The monoisotopic (exact) mass is 317 g/mol. The van der Waals surface area contributed by atoms with E-state index in [1.165, 1.54) is 0 Å². The van der Waals surface area contributed by atoms with E-state index in [0.717, 1.165) is 22.7 Å². The summed E-state index contributed by atoms with van der Waals surface area (Å²) >= 11 is 0. The number of benzene rings is 1. The normalized spacial score (nSPS) is 10.7. The van der Waals surface area contributed by atoms with Crippen molar-refractivity contribution in [1.29, 1.82) is 0 Å². The van der Waals surface area contributed by atoms with Crippen LogP contribution in [0.1, 0.15) is 5.76 Å². The van der Waals surface area contributed by atoms with Gasteiger partial charge in [-0.05, 0) is 30.3 Å².